The number of alkyl halides is 1. The third-order valence-corrected chi connectivity index (χ3v) is 5.67. The molecule has 0 bridgehead atoms. The number of nitrogens with zero attached hydrogens (tertiary/aromatic N) is 1. The van der Waals surface area contributed by atoms with Crippen molar-refractivity contribution in [3.05, 3.63) is 29.8 Å². The van der Waals surface area contributed by atoms with Crippen molar-refractivity contribution < 1.29 is 9.59 Å². The smallest absolute Gasteiger partial charge is 0.245 e. The van der Waals surface area contributed by atoms with Crippen LogP contribution in [0.25, 0.3) is 0 Å². The van der Waals surface area contributed by atoms with E-state index in [1.165, 1.54) is 23.3 Å². The first-order valence-electron chi connectivity index (χ1n) is 9.23. The summed E-state index contributed by atoms with van der Waals surface area (Å²) in [5.41, 5.74) is 2.35. The van der Waals surface area contributed by atoms with E-state index in [0.29, 0.717) is 11.3 Å². The first-order chi connectivity index (χ1) is 11.8. The minimum Gasteiger partial charge on any atom is -0.304 e. The molecule has 0 aromatic heterocycles. The molecule has 0 N–H and O–H groups in total. The fraction of sp³-hybridized carbons (Fsp3) is 0.619. The Balaban J connectivity index is 2.26. The van der Waals surface area contributed by atoms with Gasteiger partial charge in [-0.05, 0) is 61.5 Å². The highest BCUT2D eigenvalue weighted by atomic mass is 35.5. The molecule has 1 aromatic rings. The third-order valence-electron chi connectivity index (χ3n) is 5.48. The van der Waals surface area contributed by atoms with Crippen molar-refractivity contribution in [1.82, 2.24) is 0 Å². The Hall–Kier alpha value is -1.35. The summed E-state index contributed by atoms with van der Waals surface area (Å²) in [6, 6.07) is 7.97. The molecule has 1 unspecified atom stereocenters. The molecule has 1 aromatic carbocycles. The Morgan fingerprint density at radius 1 is 1.24 bits per heavy atom. The molecule has 1 aliphatic carbocycles. The molecule has 0 saturated heterocycles. The molecule has 1 fully saturated rings. The standard InChI is InChI=1S/C21H30ClNO2/c1-15(22)20(25)23(13-14-24)19-8-6-5-7-18(19)16-9-11-17(12-10-16)21(2,3)4/h5-8,14-17H,9-13H2,1-4H3. The normalized spacial score (nSPS) is 22.3. The average molecular weight is 364 g/mol. The minimum absolute atomic E-state index is 0.0459. The van der Waals surface area contributed by atoms with Crippen molar-refractivity contribution in [2.45, 2.75) is 64.7 Å². The summed E-state index contributed by atoms with van der Waals surface area (Å²) in [5, 5.41) is -0.648. The van der Waals surface area contributed by atoms with Crippen LogP contribution in [0.2, 0.25) is 0 Å². The summed E-state index contributed by atoms with van der Waals surface area (Å²) in [6.45, 7) is 8.65. The van der Waals surface area contributed by atoms with Crippen LogP contribution in [0.4, 0.5) is 5.69 Å². The van der Waals surface area contributed by atoms with Crippen LogP contribution in [0.15, 0.2) is 24.3 Å². The second-order valence-electron chi connectivity index (χ2n) is 8.20. The van der Waals surface area contributed by atoms with Gasteiger partial charge in [-0.2, -0.15) is 0 Å². The number of benzene rings is 1. The molecule has 0 heterocycles. The molecule has 25 heavy (non-hydrogen) atoms. The number of hydrogen-bond donors (Lipinski definition) is 0. The van der Waals surface area contributed by atoms with Crippen molar-refractivity contribution in [3.63, 3.8) is 0 Å². The van der Waals surface area contributed by atoms with Crippen molar-refractivity contribution in [2.75, 3.05) is 11.4 Å². The Bertz CT molecular complexity index is 598. The van der Waals surface area contributed by atoms with E-state index in [2.05, 4.69) is 26.8 Å². The lowest BCUT2D eigenvalue weighted by molar-refractivity contribution is -0.119. The molecule has 0 spiro atoms. The summed E-state index contributed by atoms with van der Waals surface area (Å²) >= 11 is 6.01. The van der Waals surface area contributed by atoms with Crippen LogP contribution in [-0.2, 0) is 9.59 Å². The zero-order valence-corrected chi connectivity index (χ0v) is 16.6. The summed E-state index contributed by atoms with van der Waals surface area (Å²) in [4.78, 5) is 25.1. The average Bonchev–Trinajstić information content (AvgIpc) is 2.58. The maximum atomic E-state index is 12.5. The van der Waals surface area contributed by atoms with Gasteiger partial charge in [0.1, 0.15) is 11.7 Å². The van der Waals surface area contributed by atoms with Gasteiger partial charge >= 0.3 is 0 Å². The van der Waals surface area contributed by atoms with Crippen LogP contribution in [0, 0.1) is 11.3 Å². The molecular weight excluding hydrogens is 334 g/mol. The minimum atomic E-state index is -0.648. The lowest BCUT2D eigenvalue weighted by Crippen LogP contribution is -2.38. The van der Waals surface area contributed by atoms with Crippen LogP contribution >= 0.6 is 11.6 Å². The Kier molecular flexibility index (Phi) is 6.67. The molecule has 3 nitrogen and oxygen atoms in total. The zero-order chi connectivity index (χ0) is 18.6. The van der Waals surface area contributed by atoms with Crippen molar-refractivity contribution >= 4 is 29.5 Å². The highest BCUT2D eigenvalue weighted by Crippen LogP contribution is 2.45. The highest BCUT2D eigenvalue weighted by molar-refractivity contribution is 6.32. The van der Waals surface area contributed by atoms with Crippen LogP contribution in [0.3, 0.4) is 0 Å². The maximum absolute atomic E-state index is 12.5. The van der Waals surface area contributed by atoms with Gasteiger partial charge in [-0.3, -0.25) is 4.79 Å². The molecule has 138 valence electrons. The van der Waals surface area contributed by atoms with E-state index in [0.717, 1.165) is 30.7 Å². The van der Waals surface area contributed by atoms with E-state index in [-0.39, 0.29) is 12.5 Å². The Labute approximate surface area is 156 Å². The Morgan fingerprint density at radius 3 is 2.36 bits per heavy atom. The largest absolute Gasteiger partial charge is 0.304 e. The van der Waals surface area contributed by atoms with E-state index >= 15 is 0 Å². The summed E-state index contributed by atoms with van der Waals surface area (Å²) in [7, 11) is 0. The van der Waals surface area contributed by atoms with Crippen LogP contribution in [0.1, 0.15) is 64.9 Å². The summed E-state index contributed by atoms with van der Waals surface area (Å²) in [5.74, 6) is 0.957. The molecule has 0 aliphatic heterocycles. The van der Waals surface area contributed by atoms with E-state index < -0.39 is 5.38 Å². The summed E-state index contributed by atoms with van der Waals surface area (Å²) in [6.07, 6.45) is 5.42. The van der Waals surface area contributed by atoms with Gasteiger partial charge in [0.25, 0.3) is 0 Å². The quantitative estimate of drug-likeness (QED) is 0.534. The van der Waals surface area contributed by atoms with E-state index in [9.17, 15) is 9.59 Å². The van der Waals surface area contributed by atoms with Crippen LogP contribution in [0.5, 0.6) is 0 Å². The summed E-state index contributed by atoms with van der Waals surface area (Å²) < 4.78 is 0. The number of para-hydroxylation sites is 1. The monoisotopic (exact) mass is 363 g/mol. The number of halogens is 1. The van der Waals surface area contributed by atoms with Gasteiger partial charge in [0.2, 0.25) is 5.91 Å². The zero-order valence-electron chi connectivity index (χ0n) is 15.8. The van der Waals surface area contributed by atoms with E-state index in [1.807, 2.05) is 18.2 Å². The molecular formula is C21H30ClNO2. The Morgan fingerprint density at radius 2 is 1.84 bits per heavy atom. The maximum Gasteiger partial charge on any atom is 0.245 e. The fourth-order valence-corrected chi connectivity index (χ4v) is 4.06. The topological polar surface area (TPSA) is 37.4 Å². The predicted molar refractivity (Wildman–Crippen MR) is 104 cm³/mol. The number of hydrogen-bond acceptors (Lipinski definition) is 2. The van der Waals surface area contributed by atoms with Gasteiger partial charge in [0, 0.05) is 5.69 Å². The fourth-order valence-electron chi connectivity index (χ4n) is 3.95. The van der Waals surface area contributed by atoms with Crippen molar-refractivity contribution in [2.24, 2.45) is 11.3 Å². The molecule has 4 heteroatoms. The van der Waals surface area contributed by atoms with Crippen LogP contribution in [-0.4, -0.2) is 24.1 Å². The van der Waals surface area contributed by atoms with Gasteiger partial charge in [-0.1, -0.05) is 39.0 Å². The number of aldehydes is 1. The van der Waals surface area contributed by atoms with E-state index in [1.54, 1.807) is 6.92 Å². The van der Waals surface area contributed by atoms with Crippen LogP contribution < -0.4 is 4.90 Å². The number of carbonyl (C=O) groups excluding carboxylic acids is 2. The molecule has 1 saturated carbocycles. The molecule has 1 amide bonds. The molecule has 2 rings (SSSR count). The van der Waals surface area contributed by atoms with Crippen molar-refractivity contribution in [1.29, 1.82) is 0 Å². The lowest BCUT2D eigenvalue weighted by atomic mass is 9.68. The van der Waals surface area contributed by atoms with Gasteiger partial charge in [0.05, 0.1) is 6.54 Å². The number of amides is 1. The third kappa shape index (κ3) is 4.84. The van der Waals surface area contributed by atoms with Gasteiger partial charge in [-0.15, -0.1) is 11.6 Å². The lowest BCUT2D eigenvalue weighted by Gasteiger charge is -2.38. The van der Waals surface area contributed by atoms with Crippen molar-refractivity contribution in [3.8, 4) is 0 Å². The molecule has 1 aliphatic rings. The first kappa shape index (κ1) is 20.0. The highest BCUT2D eigenvalue weighted by Gasteiger charge is 2.32. The van der Waals surface area contributed by atoms with Gasteiger partial charge < -0.3 is 9.69 Å². The molecule has 1 atom stereocenters. The van der Waals surface area contributed by atoms with E-state index in [4.69, 9.17) is 11.6 Å². The SMILES string of the molecule is CC(Cl)C(=O)N(CC=O)c1ccccc1C1CCC(C(C)(C)C)CC1. The molecule has 0 radical (unpaired) electrons. The van der Waals surface area contributed by atoms with Gasteiger partial charge in [0.15, 0.2) is 0 Å². The first-order valence-corrected chi connectivity index (χ1v) is 9.67. The van der Waals surface area contributed by atoms with Gasteiger partial charge in [-0.25, -0.2) is 0 Å². The second-order valence-corrected chi connectivity index (χ2v) is 8.86. The second kappa shape index (κ2) is 8.35. The number of anilines is 1. The number of rotatable bonds is 5. The predicted octanol–water partition coefficient (Wildman–Crippen LogP) is 5.17. The number of carbonyl (C=O) groups is 2.